The van der Waals surface area contributed by atoms with E-state index in [1.807, 2.05) is 0 Å². The first kappa shape index (κ1) is 18.1. The van der Waals surface area contributed by atoms with Crippen molar-refractivity contribution in [2.45, 2.75) is 20.8 Å². The first-order valence-electron chi connectivity index (χ1n) is 8.05. The van der Waals surface area contributed by atoms with Crippen LogP contribution >= 0.6 is 0 Å². The molecule has 1 amide bonds. The summed E-state index contributed by atoms with van der Waals surface area (Å²) in [5, 5.41) is 24.6. The molecule has 2 N–H and O–H groups in total. The van der Waals surface area contributed by atoms with Crippen LogP contribution < -0.4 is 5.32 Å². The van der Waals surface area contributed by atoms with E-state index in [0.29, 0.717) is 28.1 Å². The number of nitro groups is 1. The predicted molar refractivity (Wildman–Crippen MR) is 98.5 cm³/mol. The molecule has 0 radical (unpaired) electrons. The molecule has 0 bridgehead atoms. The third-order valence-electron chi connectivity index (χ3n) is 4.05. The van der Waals surface area contributed by atoms with Crippen molar-refractivity contribution in [3.63, 3.8) is 0 Å². The molecule has 3 aromatic rings. The van der Waals surface area contributed by atoms with Gasteiger partial charge in [-0.2, -0.15) is 4.73 Å². The molecule has 27 heavy (non-hydrogen) atoms. The summed E-state index contributed by atoms with van der Waals surface area (Å²) in [6, 6.07) is 6.30. The number of nitrogens with zero attached hydrogens (tertiary/aromatic N) is 4. The standard InChI is InChI=1S/C18H17N5O4/c1-10-7-15(21-12(3)24)16(23(26)27)8-14(10)18-20-11(2)17(22(18)25)13-5-4-6-19-9-13/h4-9,25H,1-3H3,(H,21,24). The van der Waals surface area contributed by atoms with E-state index in [1.165, 1.54) is 19.1 Å². The van der Waals surface area contributed by atoms with Crippen molar-refractivity contribution in [3.05, 3.63) is 58.0 Å². The van der Waals surface area contributed by atoms with E-state index in [4.69, 9.17) is 0 Å². The van der Waals surface area contributed by atoms with Gasteiger partial charge in [-0.15, -0.1) is 0 Å². The minimum atomic E-state index is -0.590. The van der Waals surface area contributed by atoms with Gasteiger partial charge in [0.25, 0.3) is 5.69 Å². The van der Waals surface area contributed by atoms with Gasteiger partial charge in [0.1, 0.15) is 11.4 Å². The molecule has 0 aliphatic rings. The maximum atomic E-state index is 11.4. The lowest BCUT2D eigenvalue weighted by Crippen LogP contribution is -2.09. The molecule has 0 aliphatic heterocycles. The number of aromatic nitrogens is 3. The molecule has 0 atom stereocenters. The Kier molecular flexibility index (Phi) is 4.59. The molecular weight excluding hydrogens is 350 g/mol. The Morgan fingerprint density at radius 1 is 1.33 bits per heavy atom. The predicted octanol–water partition coefficient (Wildman–Crippen LogP) is 3.33. The van der Waals surface area contributed by atoms with Crippen LogP contribution in [0.1, 0.15) is 18.2 Å². The van der Waals surface area contributed by atoms with Crippen molar-refractivity contribution >= 4 is 17.3 Å². The van der Waals surface area contributed by atoms with E-state index >= 15 is 0 Å². The third kappa shape index (κ3) is 3.34. The van der Waals surface area contributed by atoms with Crippen LogP contribution in [0.3, 0.4) is 0 Å². The van der Waals surface area contributed by atoms with E-state index in [2.05, 4.69) is 15.3 Å². The van der Waals surface area contributed by atoms with E-state index in [0.717, 1.165) is 4.73 Å². The molecule has 9 nitrogen and oxygen atoms in total. The highest BCUT2D eigenvalue weighted by Crippen LogP contribution is 2.35. The normalized spacial score (nSPS) is 10.6. The molecular formula is C18H17N5O4. The van der Waals surface area contributed by atoms with Crippen LogP contribution in [0.2, 0.25) is 0 Å². The lowest BCUT2D eigenvalue weighted by molar-refractivity contribution is -0.383. The Morgan fingerprint density at radius 2 is 2.07 bits per heavy atom. The molecule has 0 spiro atoms. The maximum absolute atomic E-state index is 11.4. The van der Waals surface area contributed by atoms with Gasteiger partial charge in [0.15, 0.2) is 5.82 Å². The Balaban J connectivity index is 2.19. The molecule has 2 heterocycles. The quantitative estimate of drug-likeness (QED) is 0.414. The Bertz CT molecular complexity index is 1040. The van der Waals surface area contributed by atoms with Crippen molar-refractivity contribution in [2.24, 2.45) is 0 Å². The lowest BCUT2D eigenvalue weighted by Gasteiger charge is -2.10. The molecule has 138 valence electrons. The first-order valence-corrected chi connectivity index (χ1v) is 8.05. The number of nitrogens with one attached hydrogen (secondary N) is 1. The van der Waals surface area contributed by atoms with Gasteiger partial charge in [-0.25, -0.2) is 4.98 Å². The highest BCUT2D eigenvalue weighted by Gasteiger charge is 2.23. The van der Waals surface area contributed by atoms with Crippen molar-refractivity contribution in [1.29, 1.82) is 0 Å². The largest absolute Gasteiger partial charge is 0.426 e. The lowest BCUT2D eigenvalue weighted by atomic mass is 10.1. The van der Waals surface area contributed by atoms with Gasteiger partial charge in [-0.1, -0.05) is 0 Å². The summed E-state index contributed by atoms with van der Waals surface area (Å²) in [7, 11) is 0. The van der Waals surface area contributed by atoms with Crippen LogP contribution in [-0.2, 0) is 4.79 Å². The van der Waals surface area contributed by atoms with Crippen LogP contribution in [0.15, 0.2) is 36.7 Å². The number of nitro benzene ring substituents is 1. The Labute approximate surface area is 154 Å². The number of benzene rings is 1. The SMILES string of the molecule is CC(=O)Nc1cc(C)c(-c2nc(C)c(-c3cccnc3)n2O)cc1[N+](=O)[O-]. The minimum Gasteiger partial charge on any atom is -0.426 e. The number of hydrogen-bond acceptors (Lipinski definition) is 6. The molecule has 9 heteroatoms. The van der Waals surface area contributed by atoms with Gasteiger partial charge in [-0.3, -0.25) is 19.9 Å². The fourth-order valence-electron chi connectivity index (χ4n) is 2.90. The molecule has 0 unspecified atom stereocenters. The number of anilines is 1. The average molecular weight is 367 g/mol. The highest BCUT2D eigenvalue weighted by atomic mass is 16.6. The molecule has 3 rings (SSSR count). The van der Waals surface area contributed by atoms with Crippen LogP contribution in [0.5, 0.6) is 0 Å². The summed E-state index contributed by atoms with van der Waals surface area (Å²) < 4.78 is 0.899. The second-order valence-corrected chi connectivity index (χ2v) is 6.05. The van der Waals surface area contributed by atoms with E-state index < -0.39 is 10.8 Å². The molecule has 1 aromatic carbocycles. The molecule has 0 aliphatic carbocycles. The number of rotatable bonds is 4. The highest BCUT2D eigenvalue weighted by molar-refractivity contribution is 5.92. The molecule has 0 saturated heterocycles. The summed E-state index contributed by atoms with van der Waals surface area (Å²) in [5.41, 5.74) is 2.47. The average Bonchev–Trinajstić information content (AvgIpc) is 2.89. The van der Waals surface area contributed by atoms with Gasteiger partial charge < -0.3 is 10.5 Å². The second kappa shape index (κ2) is 6.87. The first-order chi connectivity index (χ1) is 12.8. The van der Waals surface area contributed by atoms with Crippen molar-refractivity contribution in [2.75, 3.05) is 5.32 Å². The van der Waals surface area contributed by atoms with Gasteiger partial charge in [-0.05, 0) is 37.6 Å². The van der Waals surface area contributed by atoms with Crippen molar-refractivity contribution in [3.8, 4) is 22.6 Å². The summed E-state index contributed by atoms with van der Waals surface area (Å²) >= 11 is 0. The van der Waals surface area contributed by atoms with Crippen LogP contribution in [0.4, 0.5) is 11.4 Å². The van der Waals surface area contributed by atoms with Crippen LogP contribution in [-0.4, -0.2) is 30.7 Å². The number of carbonyl (C=O) groups excluding carboxylic acids is 1. The van der Waals surface area contributed by atoms with E-state index in [1.54, 1.807) is 38.4 Å². The number of carbonyl (C=O) groups is 1. The molecule has 2 aromatic heterocycles. The fraction of sp³-hybridized carbons (Fsp3) is 0.167. The smallest absolute Gasteiger partial charge is 0.293 e. The summed E-state index contributed by atoms with van der Waals surface area (Å²) in [6.07, 6.45) is 3.21. The number of pyridine rings is 1. The number of imidazole rings is 1. The van der Waals surface area contributed by atoms with Gasteiger partial charge >= 0.3 is 0 Å². The minimum absolute atomic E-state index is 0.0917. The number of hydrogen-bond donors (Lipinski definition) is 2. The second-order valence-electron chi connectivity index (χ2n) is 6.05. The summed E-state index contributed by atoms with van der Waals surface area (Å²) in [4.78, 5) is 30.6. The monoisotopic (exact) mass is 367 g/mol. The van der Waals surface area contributed by atoms with Crippen molar-refractivity contribution < 1.29 is 14.9 Å². The Morgan fingerprint density at radius 3 is 2.67 bits per heavy atom. The zero-order chi connectivity index (χ0) is 19.7. The third-order valence-corrected chi connectivity index (χ3v) is 4.05. The van der Waals surface area contributed by atoms with Gasteiger partial charge in [0.2, 0.25) is 5.91 Å². The zero-order valence-electron chi connectivity index (χ0n) is 14.9. The summed E-state index contributed by atoms with van der Waals surface area (Å²) in [5.74, 6) is -0.245. The molecule has 0 saturated carbocycles. The maximum Gasteiger partial charge on any atom is 0.293 e. The van der Waals surface area contributed by atoms with E-state index in [-0.39, 0.29) is 17.2 Å². The number of amides is 1. The van der Waals surface area contributed by atoms with Gasteiger partial charge in [0, 0.05) is 36.5 Å². The summed E-state index contributed by atoms with van der Waals surface area (Å²) in [6.45, 7) is 4.73. The zero-order valence-corrected chi connectivity index (χ0v) is 14.9. The number of aryl methyl sites for hydroxylation is 2. The topological polar surface area (TPSA) is 123 Å². The fourth-order valence-corrected chi connectivity index (χ4v) is 2.90. The van der Waals surface area contributed by atoms with Crippen LogP contribution in [0.25, 0.3) is 22.6 Å². The van der Waals surface area contributed by atoms with Crippen molar-refractivity contribution in [1.82, 2.24) is 14.7 Å². The van der Waals surface area contributed by atoms with Gasteiger partial charge in [0.05, 0.1) is 10.6 Å². The van der Waals surface area contributed by atoms with Crippen LogP contribution in [0, 0.1) is 24.0 Å². The Hall–Kier alpha value is -3.75. The molecule has 0 fully saturated rings. The van der Waals surface area contributed by atoms with E-state index in [9.17, 15) is 20.1 Å².